The zero-order valence-electron chi connectivity index (χ0n) is 14.9. The van der Waals surface area contributed by atoms with Crippen molar-refractivity contribution in [3.05, 3.63) is 53.1 Å². The van der Waals surface area contributed by atoms with Crippen molar-refractivity contribution in [2.24, 2.45) is 5.92 Å². The van der Waals surface area contributed by atoms with E-state index in [4.69, 9.17) is 21.1 Å². The van der Waals surface area contributed by atoms with E-state index in [1.165, 1.54) is 18.9 Å². The number of methoxy groups -OCH3 is 1. The zero-order chi connectivity index (χ0) is 19.6. The number of Topliss-reactive ketones (excluding diaryl/α,β-unsaturated/α-hetero) is 1. The van der Waals surface area contributed by atoms with E-state index in [-0.39, 0.29) is 30.4 Å². The summed E-state index contributed by atoms with van der Waals surface area (Å²) in [5, 5.41) is 0.458. The number of para-hydroxylation sites is 1. The lowest BCUT2D eigenvalue weighted by Crippen LogP contribution is -2.27. The maximum atomic E-state index is 12.6. The number of hydrogen-bond acceptors (Lipinski definition) is 5. The minimum Gasteiger partial charge on any atom is -0.495 e. The second-order valence-corrected chi connectivity index (χ2v) is 6.63. The Balaban J connectivity index is 1.79. The third kappa shape index (κ3) is 3.95. The summed E-state index contributed by atoms with van der Waals surface area (Å²) < 4.78 is 10.7. The number of esters is 1. The zero-order valence-corrected chi connectivity index (χ0v) is 15.7. The number of rotatable bonds is 5. The van der Waals surface area contributed by atoms with Crippen molar-refractivity contribution in [2.75, 3.05) is 18.6 Å². The van der Waals surface area contributed by atoms with Crippen LogP contribution in [0.3, 0.4) is 0 Å². The largest absolute Gasteiger partial charge is 0.495 e. The second kappa shape index (κ2) is 7.80. The van der Waals surface area contributed by atoms with Crippen molar-refractivity contribution in [1.82, 2.24) is 0 Å². The number of ether oxygens (including phenoxy) is 2. The van der Waals surface area contributed by atoms with Gasteiger partial charge in [0, 0.05) is 18.0 Å². The summed E-state index contributed by atoms with van der Waals surface area (Å²) >= 11 is 6.04. The van der Waals surface area contributed by atoms with Crippen LogP contribution in [-0.2, 0) is 9.59 Å². The van der Waals surface area contributed by atoms with Crippen molar-refractivity contribution >= 4 is 34.9 Å². The van der Waals surface area contributed by atoms with Gasteiger partial charge in [-0.15, -0.1) is 0 Å². The molecule has 1 atom stereocenters. The summed E-state index contributed by atoms with van der Waals surface area (Å²) in [6.45, 7) is 1.55. The van der Waals surface area contributed by atoms with Crippen molar-refractivity contribution in [3.63, 3.8) is 0 Å². The lowest BCUT2D eigenvalue weighted by molar-refractivity contribution is -0.139. The van der Waals surface area contributed by atoms with Crippen LogP contribution in [0.2, 0.25) is 5.02 Å². The fourth-order valence-electron chi connectivity index (χ4n) is 3.01. The Bertz CT molecular complexity index is 911. The minimum atomic E-state index is -0.652. The Labute approximate surface area is 161 Å². The van der Waals surface area contributed by atoms with E-state index in [2.05, 4.69) is 0 Å². The van der Waals surface area contributed by atoms with Gasteiger partial charge in [0.1, 0.15) is 11.5 Å². The van der Waals surface area contributed by atoms with Crippen LogP contribution < -0.4 is 14.4 Å². The summed E-state index contributed by atoms with van der Waals surface area (Å²) in [7, 11) is 1.50. The predicted octanol–water partition coefficient (Wildman–Crippen LogP) is 3.51. The molecule has 2 aromatic rings. The summed E-state index contributed by atoms with van der Waals surface area (Å²) in [5.41, 5.74) is 0.831. The fourth-order valence-corrected chi connectivity index (χ4v) is 3.18. The summed E-state index contributed by atoms with van der Waals surface area (Å²) in [4.78, 5) is 38.2. The molecule has 1 aliphatic rings. The molecule has 0 bridgehead atoms. The molecular formula is C20H18ClNO5. The summed E-state index contributed by atoms with van der Waals surface area (Å²) in [6.07, 6.45) is 0.0107. The van der Waals surface area contributed by atoms with Gasteiger partial charge in [0.05, 0.1) is 24.3 Å². The van der Waals surface area contributed by atoms with Gasteiger partial charge in [0.15, 0.2) is 5.78 Å². The van der Waals surface area contributed by atoms with Crippen LogP contribution in [0.5, 0.6) is 11.5 Å². The molecular weight excluding hydrogens is 370 g/mol. The molecule has 1 heterocycles. The van der Waals surface area contributed by atoms with Crippen LogP contribution in [0, 0.1) is 5.92 Å². The van der Waals surface area contributed by atoms with Gasteiger partial charge in [-0.25, -0.2) is 0 Å². The van der Waals surface area contributed by atoms with Gasteiger partial charge in [0.25, 0.3) is 0 Å². The van der Waals surface area contributed by atoms with Crippen LogP contribution in [0.4, 0.5) is 5.69 Å². The quantitative estimate of drug-likeness (QED) is 0.446. The number of nitrogens with zero attached hydrogens (tertiary/aromatic N) is 1. The first kappa shape index (κ1) is 18.9. The molecule has 1 aliphatic heterocycles. The van der Waals surface area contributed by atoms with Gasteiger partial charge in [-0.05, 0) is 37.3 Å². The molecule has 0 N–H and O–H groups in total. The summed E-state index contributed by atoms with van der Waals surface area (Å²) in [5.74, 6) is -0.949. The molecule has 6 nitrogen and oxygen atoms in total. The Morgan fingerprint density at radius 2 is 1.89 bits per heavy atom. The van der Waals surface area contributed by atoms with Crippen molar-refractivity contribution < 1.29 is 23.9 Å². The highest BCUT2D eigenvalue weighted by Crippen LogP contribution is 2.35. The Morgan fingerprint density at radius 1 is 1.15 bits per heavy atom. The number of hydrogen-bond donors (Lipinski definition) is 0. The SMILES string of the molecule is COc1ccc(Cl)cc1N1C[C@H](C(=O)Oc2ccccc2C(C)=O)CC1=O. The van der Waals surface area contributed by atoms with Gasteiger partial charge < -0.3 is 14.4 Å². The molecule has 0 radical (unpaired) electrons. The highest BCUT2D eigenvalue weighted by atomic mass is 35.5. The number of ketones is 1. The predicted molar refractivity (Wildman–Crippen MR) is 101 cm³/mol. The molecule has 7 heteroatoms. The van der Waals surface area contributed by atoms with Gasteiger partial charge in [0.2, 0.25) is 5.91 Å². The molecule has 1 fully saturated rings. The van der Waals surface area contributed by atoms with Gasteiger partial charge in [-0.3, -0.25) is 14.4 Å². The van der Waals surface area contributed by atoms with E-state index < -0.39 is 11.9 Å². The number of carbonyl (C=O) groups excluding carboxylic acids is 3. The molecule has 1 saturated heterocycles. The van der Waals surface area contributed by atoms with E-state index in [1.807, 2.05) is 0 Å². The molecule has 0 saturated carbocycles. The van der Waals surface area contributed by atoms with E-state index in [1.54, 1.807) is 42.5 Å². The first-order valence-corrected chi connectivity index (χ1v) is 8.74. The molecule has 0 aromatic heterocycles. The van der Waals surface area contributed by atoms with Crippen molar-refractivity contribution in [1.29, 1.82) is 0 Å². The molecule has 0 aliphatic carbocycles. The number of anilines is 1. The number of halogens is 1. The van der Waals surface area contributed by atoms with Crippen LogP contribution >= 0.6 is 11.6 Å². The van der Waals surface area contributed by atoms with Crippen molar-refractivity contribution in [3.8, 4) is 11.5 Å². The normalized spacial score (nSPS) is 16.3. The molecule has 0 spiro atoms. The number of carbonyl (C=O) groups is 3. The minimum absolute atomic E-state index is 0.0107. The highest BCUT2D eigenvalue weighted by molar-refractivity contribution is 6.31. The standard InChI is InChI=1S/C20H18ClNO5/c1-12(23)15-5-3-4-6-17(15)27-20(25)13-9-19(24)22(11-13)16-10-14(21)7-8-18(16)26-2/h3-8,10,13H,9,11H2,1-2H3/t13-/m1/s1. The van der Waals surface area contributed by atoms with Crippen LogP contribution in [0.15, 0.2) is 42.5 Å². The van der Waals surface area contributed by atoms with E-state index in [0.29, 0.717) is 22.0 Å². The van der Waals surface area contributed by atoms with Gasteiger partial charge in [-0.2, -0.15) is 0 Å². The smallest absolute Gasteiger partial charge is 0.316 e. The maximum absolute atomic E-state index is 12.6. The van der Waals surface area contributed by atoms with E-state index in [9.17, 15) is 14.4 Å². The second-order valence-electron chi connectivity index (χ2n) is 6.20. The monoisotopic (exact) mass is 387 g/mol. The molecule has 2 aromatic carbocycles. The van der Waals surface area contributed by atoms with Crippen LogP contribution in [-0.4, -0.2) is 31.3 Å². The first-order chi connectivity index (χ1) is 12.9. The van der Waals surface area contributed by atoms with E-state index >= 15 is 0 Å². The topological polar surface area (TPSA) is 72.9 Å². The lowest BCUT2D eigenvalue weighted by Gasteiger charge is -2.19. The maximum Gasteiger partial charge on any atom is 0.316 e. The van der Waals surface area contributed by atoms with Gasteiger partial charge in [-0.1, -0.05) is 23.7 Å². The molecule has 27 heavy (non-hydrogen) atoms. The third-order valence-corrected chi connectivity index (χ3v) is 4.60. The lowest BCUT2D eigenvalue weighted by atomic mass is 10.1. The summed E-state index contributed by atoms with van der Waals surface area (Å²) in [6, 6.07) is 11.5. The number of benzene rings is 2. The van der Waals surface area contributed by atoms with Crippen molar-refractivity contribution in [2.45, 2.75) is 13.3 Å². The molecule has 140 valence electrons. The average Bonchev–Trinajstić information content (AvgIpc) is 3.03. The Morgan fingerprint density at radius 3 is 2.59 bits per heavy atom. The molecule has 3 rings (SSSR count). The average molecular weight is 388 g/mol. The van der Waals surface area contributed by atoms with Crippen LogP contribution in [0.1, 0.15) is 23.7 Å². The Hall–Kier alpha value is -2.86. The number of amides is 1. The highest BCUT2D eigenvalue weighted by Gasteiger charge is 2.37. The third-order valence-electron chi connectivity index (χ3n) is 4.37. The van der Waals surface area contributed by atoms with E-state index in [0.717, 1.165) is 0 Å². The van der Waals surface area contributed by atoms with Gasteiger partial charge >= 0.3 is 5.97 Å². The molecule has 0 unspecified atom stereocenters. The first-order valence-electron chi connectivity index (χ1n) is 8.36. The molecule has 1 amide bonds. The van der Waals surface area contributed by atoms with Crippen LogP contribution in [0.25, 0.3) is 0 Å². The fraction of sp³-hybridized carbons (Fsp3) is 0.250. The Kier molecular flexibility index (Phi) is 5.46.